The van der Waals surface area contributed by atoms with E-state index in [1.165, 1.54) is 121 Å². The molecule has 7 heteroatoms. The van der Waals surface area contributed by atoms with Gasteiger partial charge >= 0.3 is 0 Å². The summed E-state index contributed by atoms with van der Waals surface area (Å²) in [6, 6.07) is 0. The maximum Gasteiger partial charge on any atom is 0.183 e. The zero-order valence-corrected chi connectivity index (χ0v) is 23.3. The molecule has 0 aromatic carbocycles. The number of nitrogens with zero attached hydrogens (tertiary/aromatic N) is 5. The van der Waals surface area contributed by atoms with Crippen LogP contribution in [0.4, 0.5) is 0 Å². The number of rotatable bonds is 14. The van der Waals surface area contributed by atoms with E-state index in [-0.39, 0.29) is 0 Å². The van der Waals surface area contributed by atoms with Crippen molar-refractivity contribution in [1.29, 1.82) is 0 Å². The van der Waals surface area contributed by atoms with Crippen LogP contribution in [0, 0.1) is 0 Å². The normalized spacial score (nSPS) is 23.5. The van der Waals surface area contributed by atoms with Crippen LogP contribution in [-0.2, 0) is 35.3 Å². The first-order valence-electron chi connectivity index (χ1n) is 15.6. The lowest BCUT2D eigenvalue weighted by molar-refractivity contribution is 0.00858. The first kappa shape index (κ1) is 27.1. The van der Waals surface area contributed by atoms with Crippen LogP contribution in [0.3, 0.4) is 0 Å². The topological polar surface area (TPSA) is 55.1 Å². The number of imidazole rings is 1. The van der Waals surface area contributed by atoms with Gasteiger partial charge in [0, 0.05) is 31.7 Å². The van der Waals surface area contributed by atoms with Crippen LogP contribution in [0.25, 0.3) is 0 Å². The van der Waals surface area contributed by atoms with Gasteiger partial charge in [-0.2, -0.15) is 0 Å². The molecule has 0 radical (unpaired) electrons. The Labute approximate surface area is 225 Å². The van der Waals surface area contributed by atoms with E-state index in [4.69, 9.17) is 14.5 Å². The smallest absolute Gasteiger partial charge is 0.183 e. The highest BCUT2D eigenvalue weighted by atomic mass is 16.5. The molecule has 4 aliphatic rings. The summed E-state index contributed by atoms with van der Waals surface area (Å²) in [4.78, 5) is 15.3. The van der Waals surface area contributed by atoms with Crippen LogP contribution in [0.1, 0.15) is 94.3 Å². The molecule has 37 heavy (non-hydrogen) atoms. The summed E-state index contributed by atoms with van der Waals surface area (Å²) in [7, 11) is 0. The van der Waals surface area contributed by atoms with Crippen LogP contribution in [0.2, 0.25) is 0 Å². The fourth-order valence-corrected chi connectivity index (χ4v) is 6.71. The van der Waals surface area contributed by atoms with Crippen molar-refractivity contribution in [3.63, 3.8) is 0 Å². The second-order valence-corrected chi connectivity index (χ2v) is 11.6. The molecule has 208 valence electrons. The van der Waals surface area contributed by atoms with Crippen molar-refractivity contribution in [2.24, 2.45) is 4.99 Å². The molecule has 3 fully saturated rings. The van der Waals surface area contributed by atoms with Crippen molar-refractivity contribution in [3.05, 3.63) is 17.2 Å². The molecule has 0 N–H and O–H groups in total. The third kappa shape index (κ3) is 8.27. The predicted octanol–water partition coefficient (Wildman–Crippen LogP) is 4.65. The molecule has 0 spiro atoms. The van der Waals surface area contributed by atoms with Crippen molar-refractivity contribution >= 4 is 5.90 Å². The number of hydrogen-bond acceptors (Lipinski definition) is 6. The van der Waals surface area contributed by atoms with E-state index in [0.717, 1.165) is 64.3 Å². The Bertz CT molecular complexity index is 835. The molecule has 5 heterocycles. The molecular formula is C30H51N5O2. The van der Waals surface area contributed by atoms with E-state index < -0.39 is 0 Å². The molecule has 4 aliphatic heterocycles. The first-order chi connectivity index (χ1) is 18.3. The third-order valence-corrected chi connectivity index (χ3v) is 8.82. The van der Waals surface area contributed by atoms with Gasteiger partial charge in [-0.3, -0.25) is 4.99 Å². The Hall–Kier alpha value is -1.44. The summed E-state index contributed by atoms with van der Waals surface area (Å²) >= 11 is 0. The van der Waals surface area contributed by atoms with Gasteiger partial charge in [-0.25, -0.2) is 4.98 Å². The van der Waals surface area contributed by atoms with Gasteiger partial charge in [-0.15, -0.1) is 0 Å². The number of ether oxygens (including phenoxy) is 2. The highest BCUT2D eigenvalue weighted by Gasteiger charge is 2.22. The fraction of sp³-hybridized carbons (Fsp3) is 0.867. The minimum Gasteiger partial charge on any atom is -0.479 e. The molecule has 0 bridgehead atoms. The Kier molecular flexibility index (Phi) is 10.7. The first-order valence-corrected chi connectivity index (χ1v) is 15.6. The van der Waals surface area contributed by atoms with Gasteiger partial charge < -0.3 is 23.8 Å². The second kappa shape index (κ2) is 14.6. The van der Waals surface area contributed by atoms with Gasteiger partial charge in [0.15, 0.2) is 5.90 Å². The van der Waals surface area contributed by atoms with Crippen molar-refractivity contribution in [1.82, 2.24) is 19.4 Å². The Balaban J connectivity index is 1.28. The monoisotopic (exact) mass is 513 g/mol. The third-order valence-electron chi connectivity index (χ3n) is 8.82. The Morgan fingerprint density at radius 3 is 2.19 bits per heavy atom. The maximum absolute atomic E-state index is 6.12. The number of aryl methyl sites for hydroxylation is 2. The number of piperidine rings is 1. The molecule has 1 unspecified atom stereocenters. The average Bonchev–Trinajstić information content (AvgIpc) is 3.70. The van der Waals surface area contributed by atoms with Gasteiger partial charge in [-0.1, -0.05) is 6.42 Å². The molecular weight excluding hydrogens is 462 g/mol. The Morgan fingerprint density at radius 1 is 0.730 bits per heavy atom. The molecule has 1 aromatic rings. The summed E-state index contributed by atoms with van der Waals surface area (Å²) in [6.07, 6.45) is 18.6. The van der Waals surface area contributed by atoms with E-state index in [0.29, 0.717) is 6.10 Å². The number of aliphatic imine (C=N–C) groups is 1. The van der Waals surface area contributed by atoms with Crippen LogP contribution < -0.4 is 0 Å². The fourth-order valence-electron chi connectivity index (χ4n) is 6.71. The van der Waals surface area contributed by atoms with Gasteiger partial charge in [0.05, 0.1) is 18.3 Å². The van der Waals surface area contributed by atoms with Crippen molar-refractivity contribution in [2.45, 2.75) is 109 Å². The summed E-state index contributed by atoms with van der Waals surface area (Å²) in [5.41, 5.74) is 2.79. The van der Waals surface area contributed by atoms with Crippen LogP contribution in [0.15, 0.2) is 4.99 Å². The van der Waals surface area contributed by atoms with E-state index in [1.807, 2.05) is 0 Å². The second-order valence-electron chi connectivity index (χ2n) is 11.6. The number of aromatic nitrogens is 2. The van der Waals surface area contributed by atoms with Crippen LogP contribution in [0.5, 0.6) is 0 Å². The summed E-state index contributed by atoms with van der Waals surface area (Å²) < 4.78 is 14.5. The van der Waals surface area contributed by atoms with E-state index >= 15 is 0 Å². The highest BCUT2D eigenvalue weighted by molar-refractivity contribution is 5.77. The maximum atomic E-state index is 6.12. The summed E-state index contributed by atoms with van der Waals surface area (Å²) in [6.45, 7) is 11.1. The molecule has 7 nitrogen and oxygen atoms in total. The van der Waals surface area contributed by atoms with Crippen molar-refractivity contribution in [2.75, 3.05) is 59.0 Å². The summed E-state index contributed by atoms with van der Waals surface area (Å²) in [5.74, 6) is 2.26. The Morgan fingerprint density at radius 2 is 1.49 bits per heavy atom. The minimum atomic E-state index is 0.409. The summed E-state index contributed by atoms with van der Waals surface area (Å²) in [5, 5.41) is 0. The van der Waals surface area contributed by atoms with Gasteiger partial charge in [0.1, 0.15) is 12.4 Å². The zero-order valence-electron chi connectivity index (χ0n) is 23.3. The molecule has 0 aliphatic carbocycles. The number of likely N-dealkylation sites (tertiary alicyclic amines) is 2. The SMILES string of the molecule is C1CCN(CCCc2nc(CCCN3CCCC3)c(CCC3=NCCO3)n2CCC2CCCCO2)CC1. The standard InChI is InChI=1S/C30H51N5O2/c1-3-17-33(18-4-1)22-9-12-29-32-27(11-8-21-34-19-5-6-20-34)28(13-14-30-31-16-25-37-30)35(29)23-15-26-10-2-7-24-36-26/h26H,1-25H2. The van der Waals surface area contributed by atoms with E-state index in [1.54, 1.807) is 0 Å². The highest BCUT2D eigenvalue weighted by Crippen LogP contribution is 2.23. The van der Waals surface area contributed by atoms with Crippen molar-refractivity contribution < 1.29 is 9.47 Å². The molecule has 0 amide bonds. The lowest BCUT2D eigenvalue weighted by Crippen LogP contribution is -2.31. The molecule has 1 aromatic heterocycles. The quantitative estimate of drug-likeness (QED) is 0.362. The largest absolute Gasteiger partial charge is 0.479 e. The van der Waals surface area contributed by atoms with E-state index in [2.05, 4.69) is 19.4 Å². The van der Waals surface area contributed by atoms with Gasteiger partial charge in [0.25, 0.3) is 0 Å². The van der Waals surface area contributed by atoms with Crippen LogP contribution >= 0.6 is 0 Å². The van der Waals surface area contributed by atoms with Crippen molar-refractivity contribution in [3.8, 4) is 0 Å². The molecule has 1 atom stereocenters. The molecule has 3 saturated heterocycles. The average molecular weight is 514 g/mol. The molecule has 0 saturated carbocycles. The zero-order chi connectivity index (χ0) is 25.1. The predicted molar refractivity (Wildman–Crippen MR) is 150 cm³/mol. The van der Waals surface area contributed by atoms with Crippen LogP contribution in [-0.4, -0.2) is 90.4 Å². The van der Waals surface area contributed by atoms with Gasteiger partial charge in [0.2, 0.25) is 0 Å². The molecule has 5 rings (SSSR count). The number of hydrogen-bond donors (Lipinski definition) is 0. The lowest BCUT2D eigenvalue weighted by atomic mass is 10.1. The van der Waals surface area contributed by atoms with Gasteiger partial charge in [-0.05, 0) is 116 Å². The van der Waals surface area contributed by atoms with E-state index in [9.17, 15) is 0 Å². The minimum absolute atomic E-state index is 0.409. The lowest BCUT2D eigenvalue weighted by Gasteiger charge is -2.26.